The molecule has 0 N–H and O–H groups in total. The molecule has 0 heterocycles. The van der Waals surface area contributed by atoms with Crippen LogP contribution in [0.4, 0.5) is 0 Å². The molecule has 0 nitrogen and oxygen atoms in total. The summed E-state index contributed by atoms with van der Waals surface area (Å²) in [5.74, 6) is 1.11. The maximum absolute atomic E-state index is 4.02. The van der Waals surface area contributed by atoms with E-state index in [4.69, 9.17) is 0 Å². The van der Waals surface area contributed by atoms with Crippen molar-refractivity contribution in [2.24, 2.45) is 0 Å². The van der Waals surface area contributed by atoms with Crippen molar-refractivity contribution in [1.82, 2.24) is 0 Å². The maximum Gasteiger partial charge on any atom is 0.0184 e. The summed E-state index contributed by atoms with van der Waals surface area (Å²) >= 11 is 1.87. The van der Waals surface area contributed by atoms with Gasteiger partial charge in [-0.2, -0.15) is 11.8 Å². The van der Waals surface area contributed by atoms with Gasteiger partial charge in [-0.3, -0.25) is 0 Å². The molecule has 0 saturated carbocycles. The predicted octanol–water partition coefficient (Wildman–Crippen LogP) is 3.57. The molecule has 1 heteroatoms. The normalized spacial score (nSPS) is 18.3. The quantitative estimate of drug-likeness (QED) is 0.626. The molecule has 0 unspecified atom stereocenters. The van der Waals surface area contributed by atoms with Gasteiger partial charge in [0.2, 0.25) is 0 Å². The predicted molar refractivity (Wildman–Crippen MR) is 58.6 cm³/mol. The molecule has 0 bridgehead atoms. The van der Waals surface area contributed by atoms with Gasteiger partial charge in [-0.05, 0) is 31.6 Å². The van der Waals surface area contributed by atoms with E-state index in [1.54, 1.807) is 0 Å². The molecule has 0 spiro atoms. The highest BCUT2D eigenvalue weighted by Crippen LogP contribution is 2.22. The van der Waals surface area contributed by atoms with Crippen LogP contribution in [-0.2, 0) is 0 Å². The van der Waals surface area contributed by atoms with Crippen molar-refractivity contribution >= 4 is 11.8 Å². The molecule has 0 aromatic rings. The second-order valence-corrected chi connectivity index (χ2v) is 4.05. The van der Waals surface area contributed by atoms with Crippen LogP contribution in [0.5, 0.6) is 0 Å². The molecule has 12 heavy (non-hydrogen) atoms. The number of rotatable bonds is 2. The SMILES string of the molecule is C=C1C=C(CSC)C(C)=CCC1. The van der Waals surface area contributed by atoms with Crippen LogP contribution in [0, 0.1) is 0 Å². The molecule has 66 valence electrons. The molecular weight excluding hydrogens is 164 g/mol. The fourth-order valence-corrected chi connectivity index (χ4v) is 1.97. The van der Waals surface area contributed by atoms with Gasteiger partial charge in [0.05, 0.1) is 0 Å². The minimum absolute atomic E-state index is 1.11. The van der Waals surface area contributed by atoms with Crippen LogP contribution in [0.25, 0.3) is 0 Å². The molecule has 0 aliphatic heterocycles. The van der Waals surface area contributed by atoms with Crippen LogP contribution in [0.3, 0.4) is 0 Å². The molecule has 0 fully saturated rings. The summed E-state index contributed by atoms with van der Waals surface area (Å²) in [7, 11) is 0. The Labute approximate surface area is 79.4 Å². The third-order valence-electron chi connectivity index (χ3n) is 2.10. The van der Waals surface area contributed by atoms with Crippen molar-refractivity contribution in [3.8, 4) is 0 Å². The molecule has 0 atom stereocenters. The van der Waals surface area contributed by atoms with E-state index >= 15 is 0 Å². The summed E-state index contributed by atoms with van der Waals surface area (Å²) in [6.07, 6.45) is 8.98. The van der Waals surface area contributed by atoms with Gasteiger partial charge in [-0.15, -0.1) is 0 Å². The van der Waals surface area contributed by atoms with Crippen LogP contribution in [0.2, 0.25) is 0 Å². The third-order valence-corrected chi connectivity index (χ3v) is 2.70. The Bertz CT molecular complexity index is 233. The van der Waals surface area contributed by atoms with Crippen molar-refractivity contribution in [3.05, 3.63) is 35.5 Å². The van der Waals surface area contributed by atoms with E-state index < -0.39 is 0 Å². The summed E-state index contributed by atoms with van der Waals surface area (Å²) in [4.78, 5) is 0. The number of hydrogen-bond donors (Lipinski definition) is 0. The average molecular weight is 180 g/mol. The first-order valence-corrected chi connectivity index (χ1v) is 5.68. The van der Waals surface area contributed by atoms with Gasteiger partial charge in [0.1, 0.15) is 0 Å². The molecule has 1 rings (SSSR count). The monoisotopic (exact) mass is 180 g/mol. The zero-order valence-corrected chi connectivity index (χ0v) is 8.71. The Morgan fingerprint density at radius 3 is 3.00 bits per heavy atom. The molecule has 0 aromatic heterocycles. The molecular formula is C11H16S. The van der Waals surface area contributed by atoms with Crippen LogP contribution < -0.4 is 0 Å². The molecule has 0 amide bonds. The highest BCUT2D eigenvalue weighted by molar-refractivity contribution is 7.98. The van der Waals surface area contributed by atoms with Crippen LogP contribution in [0.15, 0.2) is 35.5 Å². The first-order chi connectivity index (χ1) is 5.74. The second-order valence-electron chi connectivity index (χ2n) is 3.19. The topological polar surface area (TPSA) is 0 Å². The van der Waals surface area contributed by atoms with E-state index in [2.05, 4.69) is 31.9 Å². The number of hydrogen-bond acceptors (Lipinski definition) is 1. The van der Waals surface area contributed by atoms with E-state index in [0.29, 0.717) is 0 Å². The first kappa shape index (κ1) is 9.66. The highest BCUT2D eigenvalue weighted by Gasteiger charge is 2.04. The molecule has 0 saturated heterocycles. The standard InChI is InChI=1S/C11H16S/c1-9-5-4-6-10(2)11(7-9)8-12-3/h6-7H,1,4-5,8H2,2-3H3. The summed E-state index contributed by atoms with van der Waals surface area (Å²) < 4.78 is 0. The summed E-state index contributed by atoms with van der Waals surface area (Å²) in [5.41, 5.74) is 4.15. The van der Waals surface area contributed by atoms with Crippen molar-refractivity contribution < 1.29 is 0 Å². The van der Waals surface area contributed by atoms with Gasteiger partial charge in [0, 0.05) is 5.75 Å². The van der Waals surface area contributed by atoms with Gasteiger partial charge in [0.25, 0.3) is 0 Å². The van der Waals surface area contributed by atoms with E-state index in [1.165, 1.54) is 16.7 Å². The average Bonchev–Trinajstić information content (AvgIpc) is 2.16. The highest BCUT2D eigenvalue weighted by atomic mass is 32.2. The minimum atomic E-state index is 1.11. The summed E-state index contributed by atoms with van der Waals surface area (Å²) in [6, 6.07) is 0. The smallest absolute Gasteiger partial charge is 0.0184 e. The Hall–Kier alpha value is -0.430. The lowest BCUT2D eigenvalue weighted by atomic mass is 10.1. The van der Waals surface area contributed by atoms with Crippen LogP contribution in [0.1, 0.15) is 19.8 Å². The lowest BCUT2D eigenvalue weighted by Gasteiger charge is -2.03. The summed E-state index contributed by atoms with van der Waals surface area (Å²) in [6.45, 7) is 6.22. The Morgan fingerprint density at radius 1 is 1.58 bits per heavy atom. The minimum Gasteiger partial charge on any atom is -0.161 e. The van der Waals surface area contributed by atoms with E-state index in [0.717, 1.165) is 18.6 Å². The lowest BCUT2D eigenvalue weighted by Crippen LogP contribution is -1.88. The van der Waals surface area contributed by atoms with Gasteiger partial charge >= 0.3 is 0 Å². The fourth-order valence-electron chi connectivity index (χ4n) is 1.35. The van der Waals surface area contributed by atoms with Gasteiger partial charge in [-0.1, -0.05) is 29.9 Å². The van der Waals surface area contributed by atoms with E-state index in [9.17, 15) is 0 Å². The molecule has 0 radical (unpaired) electrons. The Kier molecular flexibility index (Phi) is 3.67. The zero-order chi connectivity index (χ0) is 8.97. The fraction of sp³-hybridized carbons (Fsp3) is 0.455. The van der Waals surface area contributed by atoms with Crippen LogP contribution >= 0.6 is 11.8 Å². The zero-order valence-electron chi connectivity index (χ0n) is 7.89. The van der Waals surface area contributed by atoms with Crippen molar-refractivity contribution in [2.75, 3.05) is 12.0 Å². The Balaban J connectivity index is 2.80. The molecule has 0 aromatic carbocycles. The lowest BCUT2D eigenvalue weighted by molar-refractivity contribution is 1.01. The Morgan fingerprint density at radius 2 is 2.33 bits per heavy atom. The summed E-state index contributed by atoms with van der Waals surface area (Å²) in [5, 5.41) is 0. The van der Waals surface area contributed by atoms with E-state index in [-0.39, 0.29) is 0 Å². The van der Waals surface area contributed by atoms with Gasteiger partial charge < -0.3 is 0 Å². The molecule has 1 aliphatic rings. The van der Waals surface area contributed by atoms with Crippen LogP contribution in [-0.4, -0.2) is 12.0 Å². The second kappa shape index (κ2) is 4.56. The maximum atomic E-state index is 4.02. The van der Waals surface area contributed by atoms with E-state index in [1.807, 2.05) is 11.8 Å². The largest absolute Gasteiger partial charge is 0.161 e. The van der Waals surface area contributed by atoms with Crippen molar-refractivity contribution in [3.63, 3.8) is 0 Å². The van der Waals surface area contributed by atoms with Gasteiger partial charge in [-0.25, -0.2) is 0 Å². The number of allylic oxidation sites excluding steroid dienone is 4. The van der Waals surface area contributed by atoms with Crippen molar-refractivity contribution in [1.29, 1.82) is 0 Å². The molecule has 1 aliphatic carbocycles. The third kappa shape index (κ3) is 2.56. The van der Waals surface area contributed by atoms with Crippen molar-refractivity contribution in [2.45, 2.75) is 19.8 Å². The van der Waals surface area contributed by atoms with Gasteiger partial charge in [0.15, 0.2) is 0 Å². The first-order valence-electron chi connectivity index (χ1n) is 4.28. The number of thioether (sulfide) groups is 1.